The SMILES string of the molecule is Cc1cc(-c2ccccc2)cc(C)c1OCCCc1cc(C(O[SiH](C)C)C(C)(C)C)no1. The minimum Gasteiger partial charge on any atom is -0.493 e. The van der Waals surface area contributed by atoms with Gasteiger partial charge >= 0.3 is 0 Å². The van der Waals surface area contributed by atoms with E-state index < -0.39 is 9.04 Å². The van der Waals surface area contributed by atoms with Gasteiger partial charge in [0.25, 0.3) is 0 Å². The zero-order chi connectivity index (χ0) is 23.3. The van der Waals surface area contributed by atoms with Gasteiger partial charge in [0.15, 0.2) is 9.04 Å². The zero-order valence-electron chi connectivity index (χ0n) is 20.6. The molecule has 0 aliphatic carbocycles. The molecular formula is C27H37NO3Si. The maximum atomic E-state index is 6.26. The lowest BCUT2D eigenvalue weighted by Gasteiger charge is -2.30. The van der Waals surface area contributed by atoms with Gasteiger partial charge in [-0.2, -0.15) is 0 Å². The Kier molecular flexibility index (Phi) is 7.96. The van der Waals surface area contributed by atoms with Crippen LogP contribution in [0, 0.1) is 19.3 Å². The molecule has 0 aliphatic heterocycles. The van der Waals surface area contributed by atoms with E-state index in [0.717, 1.165) is 41.2 Å². The van der Waals surface area contributed by atoms with Crippen LogP contribution in [-0.4, -0.2) is 20.8 Å². The van der Waals surface area contributed by atoms with Gasteiger partial charge in [-0.25, -0.2) is 0 Å². The summed E-state index contributed by atoms with van der Waals surface area (Å²) in [4.78, 5) is 0. The number of benzene rings is 2. The molecule has 5 heteroatoms. The Morgan fingerprint density at radius 1 is 0.969 bits per heavy atom. The lowest BCUT2D eigenvalue weighted by Crippen LogP contribution is -2.26. The number of hydrogen-bond acceptors (Lipinski definition) is 4. The summed E-state index contributed by atoms with van der Waals surface area (Å²) in [5, 5.41) is 4.32. The summed E-state index contributed by atoms with van der Waals surface area (Å²) in [7, 11) is -1.19. The van der Waals surface area contributed by atoms with E-state index in [1.165, 1.54) is 11.1 Å². The molecule has 4 nitrogen and oxygen atoms in total. The Hall–Kier alpha value is -2.37. The van der Waals surface area contributed by atoms with Crippen LogP contribution in [0.25, 0.3) is 11.1 Å². The van der Waals surface area contributed by atoms with E-state index in [2.05, 4.69) is 95.3 Å². The highest BCUT2D eigenvalue weighted by atomic mass is 28.3. The Bertz CT molecular complexity index is 982. The molecule has 0 saturated carbocycles. The molecule has 32 heavy (non-hydrogen) atoms. The fraction of sp³-hybridized carbons (Fsp3) is 0.444. The lowest BCUT2D eigenvalue weighted by atomic mass is 9.87. The van der Waals surface area contributed by atoms with Gasteiger partial charge < -0.3 is 13.7 Å². The molecule has 0 radical (unpaired) electrons. The van der Waals surface area contributed by atoms with E-state index >= 15 is 0 Å². The van der Waals surface area contributed by atoms with Gasteiger partial charge in [-0.05, 0) is 73.2 Å². The van der Waals surface area contributed by atoms with E-state index in [9.17, 15) is 0 Å². The molecule has 0 saturated heterocycles. The van der Waals surface area contributed by atoms with Crippen molar-refractivity contribution in [3.63, 3.8) is 0 Å². The van der Waals surface area contributed by atoms with E-state index in [4.69, 9.17) is 13.7 Å². The molecule has 1 unspecified atom stereocenters. The zero-order valence-corrected chi connectivity index (χ0v) is 21.7. The predicted molar refractivity (Wildman–Crippen MR) is 134 cm³/mol. The molecule has 1 aromatic heterocycles. The first-order valence-electron chi connectivity index (χ1n) is 11.6. The molecular weight excluding hydrogens is 414 g/mol. The Labute approximate surface area is 194 Å². The lowest BCUT2D eigenvalue weighted by molar-refractivity contribution is 0.0794. The predicted octanol–water partition coefficient (Wildman–Crippen LogP) is 7.06. The molecule has 0 N–H and O–H groups in total. The summed E-state index contributed by atoms with van der Waals surface area (Å²) in [5.74, 6) is 1.87. The summed E-state index contributed by atoms with van der Waals surface area (Å²) in [6.45, 7) is 15.8. The van der Waals surface area contributed by atoms with Gasteiger partial charge in [-0.15, -0.1) is 0 Å². The van der Waals surface area contributed by atoms with Gasteiger partial charge in [0.05, 0.1) is 12.7 Å². The first-order valence-corrected chi connectivity index (χ1v) is 14.3. The third kappa shape index (κ3) is 6.33. The number of aryl methyl sites for hydroxylation is 3. The minimum atomic E-state index is -1.19. The third-order valence-electron chi connectivity index (χ3n) is 5.42. The average Bonchev–Trinajstić information content (AvgIpc) is 3.19. The summed E-state index contributed by atoms with van der Waals surface area (Å²) in [6, 6.07) is 16.9. The number of nitrogens with zero attached hydrogens (tertiary/aromatic N) is 1. The Morgan fingerprint density at radius 2 is 1.62 bits per heavy atom. The van der Waals surface area contributed by atoms with E-state index in [1.54, 1.807) is 0 Å². The second-order valence-corrected chi connectivity index (χ2v) is 12.3. The normalized spacial score (nSPS) is 12.9. The second kappa shape index (κ2) is 10.5. The second-order valence-electron chi connectivity index (χ2n) is 9.91. The maximum absolute atomic E-state index is 6.26. The van der Waals surface area contributed by atoms with Gasteiger partial charge in [0.1, 0.15) is 17.2 Å². The highest BCUT2D eigenvalue weighted by Crippen LogP contribution is 2.36. The molecule has 0 fully saturated rings. The first-order chi connectivity index (χ1) is 15.1. The summed E-state index contributed by atoms with van der Waals surface area (Å²) in [5.41, 5.74) is 5.65. The first kappa shape index (κ1) is 24.3. The van der Waals surface area contributed by atoms with Crippen LogP contribution in [0.15, 0.2) is 53.1 Å². The molecule has 0 bridgehead atoms. The van der Waals surface area contributed by atoms with Crippen molar-refractivity contribution in [3.05, 3.63) is 71.1 Å². The van der Waals surface area contributed by atoms with Crippen LogP contribution in [0.4, 0.5) is 0 Å². The van der Waals surface area contributed by atoms with Crippen molar-refractivity contribution in [1.29, 1.82) is 0 Å². The Morgan fingerprint density at radius 3 is 2.22 bits per heavy atom. The standard InChI is InChI=1S/C27H37NO3Si/c1-19-16-22(21-12-9-8-10-13-21)17-20(2)25(19)29-15-11-14-23-18-24(28-30-23)26(27(3,4)5)31-32(6)7/h8-10,12-13,16-18,26,32H,11,14-15H2,1-7H3. The molecule has 1 atom stereocenters. The van der Waals surface area contributed by atoms with Crippen molar-refractivity contribution in [2.75, 3.05) is 6.61 Å². The molecule has 0 aliphatic rings. The topological polar surface area (TPSA) is 44.5 Å². The highest BCUT2D eigenvalue weighted by Gasteiger charge is 2.30. The fourth-order valence-corrected chi connectivity index (χ4v) is 5.05. The minimum absolute atomic E-state index is 0.0184. The largest absolute Gasteiger partial charge is 0.493 e. The average molecular weight is 452 g/mol. The molecule has 3 rings (SSSR count). The number of hydrogen-bond donors (Lipinski definition) is 0. The number of ether oxygens (including phenoxy) is 1. The van der Waals surface area contributed by atoms with Crippen molar-refractivity contribution in [1.82, 2.24) is 5.16 Å². The smallest absolute Gasteiger partial charge is 0.171 e. The molecule has 2 aromatic carbocycles. The molecule has 0 spiro atoms. The maximum Gasteiger partial charge on any atom is 0.171 e. The molecule has 1 heterocycles. The highest BCUT2D eigenvalue weighted by molar-refractivity contribution is 6.48. The van der Waals surface area contributed by atoms with Crippen LogP contribution in [0.2, 0.25) is 13.1 Å². The van der Waals surface area contributed by atoms with Crippen LogP contribution in [0.5, 0.6) is 5.75 Å². The van der Waals surface area contributed by atoms with Crippen molar-refractivity contribution < 1.29 is 13.7 Å². The van der Waals surface area contributed by atoms with Gasteiger partial charge in [-0.3, -0.25) is 0 Å². The quantitative estimate of drug-likeness (QED) is 0.258. The van der Waals surface area contributed by atoms with Crippen molar-refractivity contribution >= 4 is 9.04 Å². The van der Waals surface area contributed by atoms with Crippen LogP contribution in [0.3, 0.4) is 0 Å². The fourth-order valence-electron chi connectivity index (χ4n) is 3.96. The summed E-state index contributed by atoms with van der Waals surface area (Å²) in [6.07, 6.45) is 1.63. The van der Waals surface area contributed by atoms with Crippen LogP contribution in [0.1, 0.15) is 55.9 Å². The van der Waals surface area contributed by atoms with Crippen molar-refractivity contribution in [2.45, 2.75) is 66.7 Å². The van der Waals surface area contributed by atoms with E-state index in [1.807, 2.05) is 6.07 Å². The van der Waals surface area contributed by atoms with Gasteiger partial charge in [0, 0.05) is 12.5 Å². The van der Waals surface area contributed by atoms with Crippen molar-refractivity contribution in [3.8, 4) is 16.9 Å². The number of aromatic nitrogens is 1. The van der Waals surface area contributed by atoms with Crippen molar-refractivity contribution in [2.24, 2.45) is 5.41 Å². The van der Waals surface area contributed by atoms with Gasteiger partial charge in [0.2, 0.25) is 0 Å². The number of rotatable bonds is 9. The monoisotopic (exact) mass is 451 g/mol. The van der Waals surface area contributed by atoms with Crippen LogP contribution in [-0.2, 0) is 10.8 Å². The molecule has 3 aromatic rings. The van der Waals surface area contributed by atoms with Crippen LogP contribution < -0.4 is 4.74 Å². The van der Waals surface area contributed by atoms with E-state index in [0.29, 0.717) is 6.61 Å². The van der Waals surface area contributed by atoms with Crippen LogP contribution >= 0.6 is 0 Å². The molecule has 172 valence electrons. The summed E-state index contributed by atoms with van der Waals surface area (Å²) >= 11 is 0. The summed E-state index contributed by atoms with van der Waals surface area (Å²) < 4.78 is 18.0. The molecule has 0 amide bonds. The van der Waals surface area contributed by atoms with E-state index in [-0.39, 0.29) is 11.5 Å². The Balaban J connectivity index is 1.58. The van der Waals surface area contributed by atoms with Gasteiger partial charge in [-0.1, -0.05) is 56.3 Å². The third-order valence-corrected chi connectivity index (χ3v) is 6.24.